The zero-order valence-electron chi connectivity index (χ0n) is 8.15. The van der Waals surface area contributed by atoms with Crippen LogP contribution in [0.25, 0.3) is 0 Å². The van der Waals surface area contributed by atoms with Gasteiger partial charge in [-0.1, -0.05) is 11.6 Å². The second kappa shape index (κ2) is 3.25. The van der Waals surface area contributed by atoms with E-state index in [4.69, 9.17) is 11.6 Å². The number of rotatable bonds is 1. The van der Waals surface area contributed by atoms with E-state index in [-0.39, 0.29) is 10.9 Å². The number of anilines is 1. The number of piperazine rings is 1. The van der Waals surface area contributed by atoms with Crippen LogP contribution in [0.1, 0.15) is 6.42 Å². The molecule has 0 radical (unpaired) electrons. The molecule has 1 aromatic heterocycles. The van der Waals surface area contributed by atoms with Crippen LogP contribution in [-0.2, 0) is 0 Å². The Kier molecular flexibility index (Phi) is 2.00. The Morgan fingerprint density at radius 1 is 1.60 bits per heavy atom. The lowest BCUT2D eigenvalue weighted by Crippen LogP contribution is -2.43. The first-order valence-corrected chi connectivity index (χ1v) is 5.46. The van der Waals surface area contributed by atoms with Gasteiger partial charge in [-0.05, 0) is 6.42 Å². The maximum absolute atomic E-state index is 9.49. The number of aromatic nitrogens is 1. The third kappa shape index (κ3) is 1.44. The molecule has 0 spiro atoms. The molecule has 15 heavy (non-hydrogen) atoms. The third-order valence-corrected chi connectivity index (χ3v) is 3.49. The summed E-state index contributed by atoms with van der Waals surface area (Å²) in [6, 6.07) is 2.82. The zero-order chi connectivity index (χ0) is 10.4. The van der Waals surface area contributed by atoms with E-state index in [1.807, 2.05) is 0 Å². The Hall–Kier alpha value is -1.00. The first-order valence-electron chi connectivity index (χ1n) is 5.08. The molecule has 2 bridgehead atoms. The van der Waals surface area contributed by atoms with E-state index in [2.05, 4.69) is 15.2 Å². The van der Waals surface area contributed by atoms with Crippen LogP contribution in [0.15, 0.2) is 12.3 Å². The van der Waals surface area contributed by atoms with Gasteiger partial charge in [0.2, 0.25) is 0 Å². The number of hydrogen-bond acceptors (Lipinski definition) is 4. The Bertz CT molecular complexity index is 398. The van der Waals surface area contributed by atoms with Gasteiger partial charge in [-0.25, -0.2) is 4.98 Å². The highest BCUT2D eigenvalue weighted by molar-refractivity contribution is 6.30. The molecule has 0 saturated carbocycles. The summed E-state index contributed by atoms with van der Waals surface area (Å²) in [7, 11) is 0. The Balaban J connectivity index is 1.90. The summed E-state index contributed by atoms with van der Waals surface area (Å²) < 4.78 is 0. The molecule has 0 unspecified atom stereocenters. The summed E-state index contributed by atoms with van der Waals surface area (Å²) >= 11 is 5.67. The van der Waals surface area contributed by atoms with E-state index < -0.39 is 0 Å². The third-order valence-electron chi connectivity index (χ3n) is 3.19. The Labute approximate surface area is 92.9 Å². The molecule has 0 aliphatic carbocycles. The predicted octanol–water partition coefficient (Wildman–Crippen LogP) is 0.991. The number of fused-ring (bicyclic) bond motifs is 2. The minimum atomic E-state index is 0.0601. The summed E-state index contributed by atoms with van der Waals surface area (Å²) in [5, 5.41) is 13.1. The van der Waals surface area contributed by atoms with Gasteiger partial charge in [0.15, 0.2) is 10.9 Å². The normalized spacial score (nSPS) is 28.7. The number of aromatic hydroxyl groups is 1. The predicted molar refractivity (Wildman–Crippen MR) is 58.5 cm³/mol. The number of pyridine rings is 1. The van der Waals surface area contributed by atoms with Gasteiger partial charge in [-0.15, -0.1) is 0 Å². The fourth-order valence-corrected chi connectivity index (χ4v) is 2.56. The monoisotopic (exact) mass is 225 g/mol. The fourth-order valence-electron chi connectivity index (χ4n) is 2.46. The van der Waals surface area contributed by atoms with Gasteiger partial charge in [0.05, 0.1) is 11.9 Å². The average molecular weight is 226 g/mol. The van der Waals surface area contributed by atoms with Gasteiger partial charge in [-0.2, -0.15) is 0 Å². The van der Waals surface area contributed by atoms with Crippen molar-refractivity contribution in [2.75, 3.05) is 18.0 Å². The van der Waals surface area contributed by atoms with Gasteiger partial charge < -0.3 is 15.3 Å². The topological polar surface area (TPSA) is 48.4 Å². The van der Waals surface area contributed by atoms with Crippen molar-refractivity contribution in [2.45, 2.75) is 18.5 Å². The molecule has 80 valence electrons. The fraction of sp³-hybridized carbons (Fsp3) is 0.500. The molecule has 3 rings (SSSR count). The van der Waals surface area contributed by atoms with E-state index in [0.717, 1.165) is 18.8 Å². The largest absolute Gasteiger partial charge is 0.505 e. The SMILES string of the molecule is Oc1cc(N2C[C@H]3C[C@@H]2CN3)cnc1Cl. The van der Waals surface area contributed by atoms with Gasteiger partial charge >= 0.3 is 0 Å². The van der Waals surface area contributed by atoms with E-state index in [1.54, 1.807) is 12.3 Å². The van der Waals surface area contributed by atoms with Crippen molar-refractivity contribution in [1.29, 1.82) is 0 Å². The standard InChI is InChI=1S/C10H12ClN3O/c11-10-9(15)2-8(4-13-10)14-5-6-1-7(14)3-12-6/h2,4,6-7,12,15H,1,3,5H2/t6-,7-/m1/s1. The van der Waals surface area contributed by atoms with Crippen molar-refractivity contribution in [1.82, 2.24) is 10.3 Å². The van der Waals surface area contributed by atoms with E-state index >= 15 is 0 Å². The minimum Gasteiger partial charge on any atom is -0.505 e. The lowest BCUT2D eigenvalue weighted by molar-refractivity contribution is 0.472. The molecule has 0 amide bonds. The maximum atomic E-state index is 9.49. The van der Waals surface area contributed by atoms with Crippen LogP contribution in [0.2, 0.25) is 5.15 Å². The van der Waals surface area contributed by atoms with Crippen molar-refractivity contribution < 1.29 is 5.11 Å². The summed E-state index contributed by atoms with van der Waals surface area (Å²) in [6.07, 6.45) is 2.91. The van der Waals surface area contributed by atoms with Crippen molar-refractivity contribution in [3.8, 4) is 5.75 Å². The smallest absolute Gasteiger partial charge is 0.170 e. The van der Waals surface area contributed by atoms with Crippen LogP contribution in [0.3, 0.4) is 0 Å². The van der Waals surface area contributed by atoms with Crippen LogP contribution >= 0.6 is 11.6 Å². The molecular weight excluding hydrogens is 214 g/mol. The van der Waals surface area contributed by atoms with Gasteiger partial charge in [0.1, 0.15) is 0 Å². The molecule has 4 nitrogen and oxygen atoms in total. The molecule has 2 aliphatic rings. The summed E-state index contributed by atoms with van der Waals surface area (Å²) in [5.41, 5.74) is 0.964. The second-order valence-electron chi connectivity index (χ2n) is 4.15. The van der Waals surface area contributed by atoms with Crippen molar-refractivity contribution in [3.05, 3.63) is 17.4 Å². The Morgan fingerprint density at radius 3 is 3.07 bits per heavy atom. The molecule has 1 aromatic rings. The Morgan fingerprint density at radius 2 is 2.47 bits per heavy atom. The van der Waals surface area contributed by atoms with Crippen molar-refractivity contribution >= 4 is 17.3 Å². The van der Waals surface area contributed by atoms with Crippen LogP contribution in [-0.4, -0.2) is 35.3 Å². The molecular formula is C10H12ClN3O. The first kappa shape index (κ1) is 9.24. The van der Waals surface area contributed by atoms with Crippen molar-refractivity contribution in [2.24, 2.45) is 0 Å². The summed E-state index contributed by atoms with van der Waals surface area (Å²) in [6.45, 7) is 2.02. The number of nitrogens with one attached hydrogen (secondary N) is 1. The molecule has 2 atom stereocenters. The van der Waals surface area contributed by atoms with Gasteiger partial charge in [0, 0.05) is 31.2 Å². The lowest BCUT2D eigenvalue weighted by atomic mass is 10.2. The number of hydrogen-bond donors (Lipinski definition) is 2. The molecule has 0 aromatic carbocycles. The minimum absolute atomic E-state index is 0.0601. The second-order valence-corrected chi connectivity index (χ2v) is 4.51. The summed E-state index contributed by atoms with van der Waals surface area (Å²) in [5.74, 6) is 0.0601. The van der Waals surface area contributed by atoms with Crippen LogP contribution in [0.4, 0.5) is 5.69 Å². The zero-order valence-corrected chi connectivity index (χ0v) is 8.91. The van der Waals surface area contributed by atoms with Crippen LogP contribution in [0.5, 0.6) is 5.75 Å². The molecule has 5 heteroatoms. The quantitative estimate of drug-likeness (QED) is 0.700. The maximum Gasteiger partial charge on any atom is 0.170 e. The van der Waals surface area contributed by atoms with E-state index in [1.165, 1.54) is 6.42 Å². The molecule has 2 saturated heterocycles. The highest BCUT2D eigenvalue weighted by atomic mass is 35.5. The molecule has 2 N–H and O–H groups in total. The highest BCUT2D eigenvalue weighted by Gasteiger charge is 2.37. The average Bonchev–Trinajstić information content (AvgIpc) is 2.83. The van der Waals surface area contributed by atoms with E-state index in [0.29, 0.717) is 12.1 Å². The molecule has 3 heterocycles. The summed E-state index contributed by atoms with van der Waals surface area (Å²) in [4.78, 5) is 6.24. The lowest BCUT2D eigenvalue weighted by Gasteiger charge is -2.29. The molecule has 2 fully saturated rings. The van der Waals surface area contributed by atoms with Gasteiger partial charge in [0.25, 0.3) is 0 Å². The first-order chi connectivity index (χ1) is 7.24. The number of halogens is 1. The van der Waals surface area contributed by atoms with Crippen LogP contribution in [0, 0.1) is 0 Å². The highest BCUT2D eigenvalue weighted by Crippen LogP contribution is 2.32. The van der Waals surface area contributed by atoms with Gasteiger partial charge in [-0.3, -0.25) is 0 Å². The van der Waals surface area contributed by atoms with E-state index in [9.17, 15) is 5.11 Å². The molecule has 2 aliphatic heterocycles. The van der Waals surface area contributed by atoms with Crippen molar-refractivity contribution in [3.63, 3.8) is 0 Å². The van der Waals surface area contributed by atoms with Crippen LogP contribution < -0.4 is 10.2 Å². The number of nitrogens with zero attached hydrogens (tertiary/aromatic N) is 2.